The van der Waals surface area contributed by atoms with Gasteiger partial charge in [0.15, 0.2) is 0 Å². The minimum atomic E-state index is -0.637. The van der Waals surface area contributed by atoms with Crippen LogP contribution in [0.5, 0.6) is 0 Å². The smallest absolute Gasteiger partial charge is 0.325 e. The molecule has 1 N–H and O–H groups in total. The Morgan fingerprint density at radius 3 is 2.50 bits per heavy atom. The van der Waals surface area contributed by atoms with E-state index in [1.165, 1.54) is 7.11 Å². The number of ether oxygens (including phenoxy) is 3. The van der Waals surface area contributed by atoms with Crippen LogP contribution in [0, 0.1) is 0 Å². The first-order valence-corrected chi connectivity index (χ1v) is 6.64. The lowest BCUT2D eigenvalue weighted by molar-refractivity contribution is -0.149. The van der Waals surface area contributed by atoms with Crippen molar-refractivity contribution in [2.45, 2.75) is 44.7 Å². The van der Waals surface area contributed by atoms with Crippen molar-refractivity contribution in [3.8, 4) is 0 Å². The fourth-order valence-electron chi connectivity index (χ4n) is 1.78. The summed E-state index contributed by atoms with van der Waals surface area (Å²) in [7, 11) is 1.42. The highest BCUT2D eigenvalue weighted by Crippen LogP contribution is 2.24. The highest BCUT2D eigenvalue weighted by atomic mass is 16.5. The summed E-state index contributed by atoms with van der Waals surface area (Å²) in [5.41, 5.74) is -0.637. The van der Waals surface area contributed by atoms with Crippen LogP contribution in [-0.4, -0.2) is 51.1 Å². The first-order valence-electron chi connectivity index (χ1n) is 6.64. The predicted molar refractivity (Wildman–Crippen MR) is 68.5 cm³/mol. The van der Waals surface area contributed by atoms with E-state index < -0.39 is 5.54 Å². The lowest BCUT2D eigenvalue weighted by Crippen LogP contribution is -2.52. The van der Waals surface area contributed by atoms with Crippen LogP contribution in [-0.2, 0) is 19.0 Å². The van der Waals surface area contributed by atoms with Gasteiger partial charge in [-0.25, -0.2) is 0 Å². The molecule has 5 nitrogen and oxygen atoms in total. The molecule has 0 bridgehead atoms. The Balaban J connectivity index is 2.25. The molecule has 0 aromatic heterocycles. The van der Waals surface area contributed by atoms with Gasteiger partial charge in [0.25, 0.3) is 0 Å². The summed E-state index contributed by atoms with van der Waals surface area (Å²) in [6.07, 6.45) is 2.89. The molecule has 0 radical (unpaired) electrons. The summed E-state index contributed by atoms with van der Waals surface area (Å²) in [6.45, 7) is 6.22. The number of methoxy groups -OCH3 is 1. The average Bonchev–Trinajstić information content (AvgIpc) is 3.16. The first kappa shape index (κ1) is 15.4. The normalized spacial score (nSPS) is 18.4. The second-order valence-corrected chi connectivity index (χ2v) is 4.80. The third kappa shape index (κ3) is 5.33. The third-order valence-electron chi connectivity index (χ3n) is 3.06. The van der Waals surface area contributed by atoms with Crippen LogP contribution in [0.1, 0.15) is 33.1 Å². The molecule has 106 valence electrons. The molecule has 5 heteroatoms. The van der Waals surface area contributed by atoms with E-state index >= 15 is 0 Å². The lowest BCUT2D eigenvalue weighted by Gasteiger charge is -2.28. The van der Waals surface area contributed by atoms with E-state index in [4.69, 9.17) is 14.2 Å². The van der Waals surface area contributed by atoms with Crippen LogP contribution in [0.25, 0.3) is 0 Å². The Bertz CT molecular complexity index is 255. The molecule has 1 fully saturated rings. The number of carbonyl (C=O) groups is 1. The maximum atomic E-state index is 11.8. The van der Waals surface area contributed by atoms with Gasteiger partial charge in [0.2, 0.25) is 0 Å². The van der Waals surface area contributed by atoms with Crippen LogP contribution in [0.4, 0.5) is 0 Å². The van der Waals surface area contributed by atoms with E-state index in [9.17, 15) is 4.79 Å². The zero-order valence-electron chi connectivity index (χ0n) is 11.7. The van der Waals surface area contributed by atoms with Gasteiger partial charge >= 0.3 is 5.97 Å². The summed E-state index contributed by atoms with van der Waals surface area (Å²) in [4.78, 5) is 11.8. The van der Waals surface area contributed by atoms with Crippen molar-refractivity contribution in [3.63, 3.8) is 0 Å². The number of carbonyl (C=O) groups excluding carboxylic acids is 1. The van der Waals surface area contributed by atoms with Crippen molar-refractivity contribution in [2.24, 2.45) is 0 Å². The summed E-state index contributed by atoms with van der Waals surface area (Å²) < 4.78 is 15.5. The lowest BCUT2D eigenvalue weighted by atomic mass is 9.98. The van der Waals surface area contributed by atoms with Gasteiger partial charge in [0.1, 0.15) is 5.54 Å². The Kier molecular flexibility index (Phi) is 6.60. The Morgan fingerprint density at radius 1 is 1.28 bits per heavy atom. The summed E-state index contributed by atoms with van der Waals surface area (Å²) in [5, 5.41) is 3.33. The van der Waals surface area contributed by atoms with E-state index in [2.05, 4.69) is 5.32 Å². The maximum absolute atomic E-state index is 11.8. The number of hydrogen-bond donors (Lipinski definition) is 1. The summed E-state index contributed by atoms with van der Waals surface area (Å²) in [6, 6.07) is 0.456. The van der Waals surface area contributed by atoms with E-state index in [1.807, 2.05) is 13.8 Å². The second-order valence-electron chi connectivity index (χ2n) is 4.80. The van der Waals surface area contributed by atoms with Crippen LogP contribution >= 0.6 is 0 Å². The van der Waals surface area contributed by atoms with Gasteiger partial charge in [-0.05, 0) is 33.1 Å². The van der Waals surface area contributed by atoms with Gasteiger partial charge in [0, 0.05) is 19.3 Å². The van der Waals surface area contributed by atoms with Gasteiger partial charge in [-0.1, -0.05) is 0 Å². The maximum Gasteiger partial charge on any atom is 0.325 e. The van der Waals surface area contributed by atoms with Gasteiger partial charge in [-0.3, -0.25) is 10.1 Å². The number of hydrogen-bond acceptors (Lipinski definition) is 5. The molecule has 0 aromatic carbocycles. The monoisotopic (exact) mass is 259 g/mol. The van der Waals surface area contributed by atoms with E-state index in [0.29, 0.717) is 38.9 Å². The van der Waals surface area contributed by atoms with Crippen molar-refractivity contribution in [1.82, 2.24) is 5.32 Å². The SMILES string of the molecule is CCOCCOCCC(C)(NC1CC1)C(=O)OC. The van der Waals surface area contributed by atoms with Crippen molar-refractivity contribution in [3.05, 3.63) is 0 Å². The standard InChI is InChI=1S/C13H25NO4/c1-4-17-9-10-18-8-7-13(2,12(15)16-3)14-11-5-6-11/h11,14H,4-10H2,1-3H3. The van der Waals surface area contributed by atoms with Crippen LogP contribution < -0.4 is 5.32 Å². The van der Waals surface area contributed by atoms with E-state index in [1.54, 1.807) is 0 Å². The summed E-state index contributed by atoms with van der Waals surface area (Å²) in [5.74, 6) is -0.220. The molecule has 0 saturated heterocycles. The molecule has 18 heavy (non-hydrogen) atoms. The van der Waals surface area contributed by atoms with E-state index in [-0.39, 0.29) is 5.97 Å². The van der Waals surface area contributed by atoms with Gasteiger partial charge < -0.3 is 14.2 Å². The van der Waals surface area contributed by atoms with Crippen LogP contribution in [0.3, 0.4) is 0 Å². The molecule has 1 atom stereocenters. The highest BCUT2D eigenvalue weighted by molar-refractivity contribution is 5.80. The fraction of sp³-hybridized carbons (Fsp3) is 0.923. The molecular weight excluding hydrogens is 234 g/mol. The Morgan fingerprint density at radius 2 is 1.94 bits per heavy atom. The molecule has 0 aliphatic heterocycles. The largest absolute Gasteiger partial charge is 0.468 e. The molecule has 0 heterocycles. The third-order valence-corrected chi connectivity index (χ3v) is 3.06. The quantitative estimate of drug-likeness (QED) is 0.470. The number of esters is 1. The predicted octanol–water partition coefficient (Wildman–Crippen LogP) is 1.11. The zero-order valence-corrected chi connectivity index (χ0v) is 11.7. The molecule has 1 rings (SSSR count). The fourth-order valence-corrected chi connectivity index (χ4v) is 1.78. The highest BCUT2D eigenvalue weighted by Gasteiger charge is 2.38. The number of nitrogens with one attached hydrogen (secondary N) is 1. The molecule has 1 aliphatic rings. The zero-order chi connectivity index (χ0) is 13.4. The second kappa shape index (κ2) is 7.71. The minimum absolute atomic E-state index is 0.220. The van der Waals surface area contributed by atoms with Crippen LogP contribution in [0.15, 0.2) is 0 Å². The molecule has 0 amide bonds. The van der Waals surface area contributed by atoms with Crippen molar-refractivity contribution >= 4 is 5.97 Å². The average molecular weight is 259 g/mol. The van der Waals surface area contributed by atoms with Crippen LogP contribution in [0.2, 0.25) is 0 Å². The number of rotatable bonds is 10. The van der Waals surface area contributed by atoms with E-state index in [0.717, 1.165) is 12.8 Å². The van der Waals surface area contributed by atoms with Crippen molar-refractivity contribution in [1.29, 1.82) is 0 Å². The molecule has 0 aromatic rings. The van der Waals surface area contributed by atoms with Gasteiger partial charge in [-0.2, -0.15) is 0 Å². The first-order chi connectivity index (χ1) is 8.62. The van der Waals surface area contributed by atoms with Gasteiger partial charge in [-0.15, -0.1) is 0 Å². The van der Waals surface area contributed by atoms with Crippen molar-refractivity contribution in [2.75, 3.05) is 33.5 Å². The topological polar surface area (TPSA) is 56.8 Å². The molecule has 0 spiro atoms. The molecule has 1 aliphatic carbocycles. The molecular formula is C13H25NO4. The van der Waals surface area contributed by atoms with Crippen molar-refractivity contribution < 1.29 is 19.0 Å². The van der Waals surface area contributed by atoms with Gasteiger partial charge in [0.05, 0.1) is 20.3 Å². The minimum Gasteiger partial charge on any atom is -0.468 e. The Labute approximate surface area is 109 Å². The molecule has 1 unspecified atom stereocenters. The Hall–Kier alpha value is -0.650. The summed E-state index contributed by atoms with van der Waals surface area (Å²) >= 11 is 0. The molecule has 1 saturated carbocycles.